The van der Waals surface area contributed by atoms with Crippen molar-refractivity contribution < 1.29 is 18.7 Å². The number of para-hydroxylation sites is 1. The molecule has 1 aromatic rings. The van der Waals surface area contributed by atoms with Crippen LogP contribution in [-0.2, 0) is 9.53 Å². The molecule has 5 heteroatoms. The zero-order valence-corrected chi connectivity index (χ0v) is 12.3. The van der Waals surface area contributed by atoms with E-state index in [9.17, 15) is 9.18 Å². The average molecular weight is 293 g/mol. The third-order valence-electron chi connectivity index (χ3n) is 3.65. The number of methoxy groups -OCH3 is 2. The molecule has 2 rings (SSSR count). The fourth-order valence-electron chi connectivity index (χ4n) is 2.49. The number of esters is 1. The van der Waals surface area contributed by atoms with Gasteiger partial charge in [0.2, 0.25) is 5.67 Å². The summed E-state index contributed by atoms with van der Waals surface area (Å²) in [6, 6.07) is 7.68. The van der Waals surface area contributed by atoms with E-state index in [4.69, 9.17) is 4.74 Å². The van der Waals surface area contributed by atoms with E-state index in [1.54, 1.807) is 7.11 Å². The third kappa shape index (κ3) is 3.61. The maximum Gasteiger partial charge on any atom is 0.345 e. The number of ether oxygens (including phenoxy) is 2. The first-order valence-corrected chi connectivity index (χ1v) is 6.88. The number of hydrogen-bond donors (Lipinski definition) is 0. The Balaban J connectivity index is 1.92. The number of hydrogen-bond acceptors (Lipinski definition) is 4. The highest BCUT2D eigenvalue weighted by Crippen LogP contribution is 2.27. The van der Waals surface area contributed by atoms with Gasteiger partial charge in [-0.25, -0.2) is 9.18 Å². The molecule has 1 aliphatic heterocycles. The highest BCUT2D eigenvalue weighted by Gasteiger charge is 2.45. The Kier molecular flexibility index (Phi) is 4.96. The van der Waals surface area contributed by atoms with Gasteiger partial charge in [0.1, 0.15) is 5.75 Å². The lowest BCUT2D eigenvalue weighted by molar-refractivity contribution is -0.153. The minimum absolute atomic E-state index is 0.0793. The molecule has 0 bridgehead atoms. The van der Waals surface area contributed by atoms with Gasteiger partial charge in [0.05, 0.1) is 14.2 Å². The molecule has 1 atom stereocenters. The Bertz CT molecular complexity index is 532. The van der Waals surface area contributed by atoms with Gasteiger partial charge >= 0.3 is 5.97 Å². The summed E-state index contributed by atoms with van der Waals surface area (Å²) in [5.74, 6) is 0.0169. The van der Waals surface area contributed by atoms with Crippen LogP contribution in [0.25, 0.3) is 6.08 Å². The van der Waals surface area contributed by atoms with Crippen molar-refractivity contribution in [2.45, 2.75) is 12.1 Å². The fourth-order valence-corrected chi connectivity index (χ4v) is 2.49. The van der Waals surface area contributed by atoms with E-state index in [2.05, 4.69) is 4.74 Å². The van der Waals surface area contributed by atoms with Gasteiger partial charge in [-0.15, -0.1) is 0 Å². The van der Waals surface area contributed by atoms with Crippen molar-refractivity contribution in [1.82, 2.24) is 4.90 Å². The molecule has 114 valence electrons. The van der Waals surface area contributed by atoms with Crippen LogP contribution in [0.5, 0.6) is 5.75 Å². The van der Waals surface area contributed by atoms with Crippen LogP contribution in [-0.4, -0.2) is 50.4 Å². The van der Waals surface area contributed by atoms with Crippen LogP contribution < -0.4 is 4.74 Å². The van der Waals surface area contributed by atoms with Crippen LogP contribution >= 0.6 is 0 Å². The summed E-state index contributed by atoms with van der Waals surface area (Å²) in [6.45, 7) is 1.21. The van der Waals surface area contributed by atoms with Crippen molar-refractivity contribution in [2.75, 3.05) is 33.9 Å². The van der Waals surface area contributed by atoms with Gasteiger partial charge in [0, 0.05) is 31.6 Å². The molecule has 1 saturated heterocycles. The van der Waals surface area contributed by atoms with Crippen molar-refractivity contribution in [1.29, 1.82) is 0 Å². The molecular formula is C16H20FNO3. The van der Waals surface area contributed by atoms with Gasteiger partial charge in [0.15, 0.2) is 0 Å². The Morgan fingerprint density at radius 1 is 1.43 bits per heavy atom. The maximum atomic E-state index is 14.3. The molecule has 1 aromatic carbocycles. The van der Waals surface area contributed by atoms with Crippen molar-refractivity contribution >= 4 is 12.0 Å². The van der Waals surface area contributed by atoms with Crippen LogP contribution in [0.3, 0.4) is 0 Å². The Morgan fingerprint density at radius 3 is 2.90 bits per heavy atom. The van der Waals surface area contributed by atoms with E-state index in [0.29, 0.717) is 13.1 Å². The molecular weight excluding hydrogens is 273 g/mol. The molecule has 4 nitrogen and oxygen atoms in total. The van der Waals surface area contributed by atoms with E-state index in [1.807, 2.05) is 41.3 Å². The van der Waals surface area contributed by atoms with Gasteiger partial charge in [-0.2, -0.15) is 0 Å². The lowest BCUT2D eigenvalue weighted by Crippen LogP contribution is -2.38. The molecule has 1 aliphatic rings. The van der Waals surface area contributed by atoms with Gasteiger partial charge in [0.25, 0.3) is 0 Å². The lowest BCUT2D eigenvalue weighted by Gasteiger charge is -2.17. The Morgan fingerprint density at radius 2 is 2.19 bits per heavy atom. The predicted molar refractivity (Wildman–Crippen MR) is 78.9 cm³/mol. The van der Waals surface area contributed by atoms with Crippen molar-refractivity contribution in [3.8, 4) is 5.75 Å². The second-order valence-corrected chi connectivity index (χ2v) is 5.09. The zero-order chi connectivity index (χ0) is 15.3. The monoisotopic (exact) mass is 293 g/mol. The molecule has 0 amide bonds. The van der Waals surface area contributed by atoms with Crippen LogP contribution in [0, 0.1) is 0 Å². The minimum atomic E-state index is -1.87. The molecule has 0 aromatic heterocycles. The molecule has 1 fully saturated rings. The first-order chi connectivity index (χ1) is 10.1. The number of carbonyl (C=O) groups excluding carboxylic acids is 1. The topological polar surface area (TPSA) is 38.8 Å². The van der Waals surface area contributed by atoms with Gasteiger partial charge in [-0.3, -0.25) is 4.90 Å². The molecule has 0 saturated carbocycles. The first kappa shape index (κ1) is 15.5. The molecule has 0 unspecified atom stereocenters. The number of nitrogens with zero attached hydrogens (tertiary/aromatic N) is 1. The second kappa shape index (κ2) is 6.72. The van der Waals surface area contributed by atoms with Crippen LogP contribution in [0.15, 0.2) is 30.3 Å². The summed E-state index contributed by atoms with van der Waals surface area (Å²) in [7, 11) is 2.84. The molecule has 0 N–H and O–H groups in total. The third-order valence-corrected chi connectivity index (χ3v) is 3.65. The predicted octanol–water partition coefficient (Wildman–Crippen LogP) is 2.30. The SMILES string of the molecule is COC(=O)[C@]1(F)CCN(C/C=C/c2ccccc2OC)C1. The summed E-state index contributed by atoms with van der Waals surface area (Å²) >= 11 is 0. The zero-order valence-electron chi connectivity index (χ0n) is 12.3. The number of rotatable bonds is 5. The molecule has 21 heavy (non-hydrogen) atoms. The standard InChI is InChI=1S/C16H20FNO3/c1-20-14-8-4-3-6-13(14)7-5-10-18-11-9-16(17,12-18)15(19)21-2/h3-8H,9-12H2,1-2H3/b7-5+/t16-/m0/s1. The van der Waals surface area contributed by atoms with E-state index in [-0.39, 0.29) is 13.0 Å². The second-order valence-electron chi connectivity index (χ2n) is 5.09. The van der Waals surface area contributed by atoms with Gasteiger partial charge in [-0.05, 0) is 6.07 Å². The van der Waals surface area contributed by atoms with Gasteiger partial charge in [-0.1, -0.05) is 30.4 Å². The summed E-state index contributed by atoms with van der Waals surface area (Å²) in [4.78, 5) is 13.3. The van der Waals surface area contributed by atoms with E-state index < -0.39 is 11.6 Å². The summed E-state index contributed by atoms with van der Waals surface area (Å²) < 4.78 is 24.0. The van der Waals surface area contributed by atoms with Crippen molar-refractivity contribution in [3.63, 3.8) is 0 Å². The summed E-state index contributed by atoms with van der Waals surface area (Å²) in [6.07, 6.45) is 4.07. The maximum absolute atomic E-state index is 14.3. The Labute approximate surface area is 124 Å². The largest absolute Gasteiger partial charge is 0.496 e. The van der Waals surface area contributed by atoms with E-state index >= 15 is 0 Å². The smallest absolute Gasteiger partial charge is 0.345 e. The number of benzene rings is 1. The molecule has 0 spiro atoms. The van der Waals surface area contributed by atoms with Crippen LogP contribution in [0.4, 0.5) is 4.39 Å². The highest BCUT2D eigenvalue weighted by molar-refractivity contribution is 5.80. The van der Waals surface area contributed by atoms with E-state index in [0.717, 1.165) is 11.3 Å². The average Bonchev–Trinajstić information content (AvgIpc) is 2.89. The molecule has 0 radical (unpaired) electrons. The normalized spacial score (nSPS) is 22.6. The van der Waals surface area contributed by atoms with Crippen molar-refractivity contribution in [3.05, 3.63) is 35.9 Å². The number of likely N-dealkylation sites (tertiary alicyclic amines) is 1. The number of carbonyl (C=O) groups is 1. The van der Waals surface area contributed by atoms with Crippen LogP contribution in [0.2, 0.25) is 0 Å². The van der Waals surface area contributed by atoms with E-state index in [1.165, 1.54) is 7.11 Å². The molecule has 1 heterocycles. The van der Waals surface area contributed by atoms with Gasteiger partial charge < -0.3 is 9.47 Å². The highest BCUT2D eigenvalue weighted by atomic mass is 19.1. The molecule has 0 aliphatic carbocycles. The first-order valence-electron chi connectivity index (χ1n) is 6.88. The quantitative estimate of drug-likeness (QED) is 0.781. The number of alkyl halides is 1. The minimum Gasteiger partial charge on any atom is -0.496 e. The lowest BCUT2D eigenvalue weighted by atomic mass is 10.1. The Hall–Kier alpha value is -1.88. The summed E-state index contributed by atoms with van der Waals surface area (Å²) in [5, 5.41) is 0. The number of halogens is 1. The fraction of sp³-hybridized carbons (Fsp3) is 0.438. The van der Waals surface area contributed by atoms with Crippen molar-refractivity contribution in [2.24, 2.45) is 0 Å². The summed E-state index contributed by atoms with van der Waals surface area (Å²) in [5.41, 5.74) is -0.897. The van der Waals surface area contributed by atoms with Crippen LogP contribution in [0.1, 0.15) is 12.0 Å².